The molecule has 1 atom stereocenters. The van der Waals surface area contributed by atoms with Crippen molar-refractivity contribution in [3.8, 4) is 0 Å². The minimum absolute atomic E-state index is 0.133. The van der Waals surface area contributed by atoms with Crippen molar-refractivity contribution in [1.82, 2.24) is 5.32 Å². The smallest absolute Gasteiger partial charge is 0.375 e. The van der Waals surface area contributed by atoms with Crippen LogP contribution in [0.5, 0.6) is 0 Å². The Bertz CT molecular complexity index is 422. The standard InChI is InChI=1S/C14H18F5NO/c1-20-12(5-6-21-9-13(15)16)8-10-3-2-4-11(7-10)14(17,18)19/h2-4,7,12-13,20H,5-6,8-9H2,1H3. The summed E-state index contributed by atoms with van der Waals surface area (Å²) in [6.07, 6.45) is -6.06. The molecule has 7 heteroatoms. The number of alkyl halides is 5. The molecule has 0 aliphatic heterocycles. The van der Waals surface area contributed by atoms with Crippen LogP contribution in [0.3, 0.4) is 0 Å². The number of rotatable bonds is 8. The van der Waals surface area contributed by atoms with Gasteiger partial charge in [-0.2, -0.15) is 13.2 Å². The lowest BCUT2D eigenvalue weighted by Crippen LogP contribution is -2.29. The van der Waals surface area contributed by atoms with Crippen LogP contribution in [0, 0.1) is 0 Å². The van der Waals surface area contributed by atoms with E-state index >= 15 is 0 Å². The van der Waals surface area contributed by atoms with E-state index in [0.29, 0.717) is 18.4 Å². The summed E-state index contributed by atoms with van der Waals surface area (Å²) >= 11 is 0. The molecule has 0 heterocycles. The monoisotopic (exact) mass is 311 g/mol. The van der Waals surface area contributed by atoms with Crippen LogP contribution < -0.4 is 5.32 Å². The highest BCUT2D eigenvalue weighted by Crippen LogP contribution is 2.29. The van der Waals surface area contributed by atoms with E-state index in [-0.39, 0.29) is 12.6 Å². The van der Waals surface area contributed by atoms with Crippen LogP contribution in [0.1, 0.15) is 17.5 Å². The molecule has 0 amide bonds. The van der Waals surface area contributed by atoms with Crippen molar-refractivity contribution in [3.05, 3.63) is 35.4 Å². The molecule has 0 aliphatic carbocycles. The number of halogens is 5. The summed E-state index contributed by atoms with van der Waals surface area (Å²) in [6, 6.07) is 4.96. The molecule has 1 N–H and O–H groups in total. The zero-order chi connectivity index (χ0) is 15.9. The Balaban J connectivity index is 2.53. The van der Waals surface area contributed by atoms with Gasteiger partial charge < -0.3 is 10.1 Å². The first-order valence-corrected chi connectivity index (χ1v) is 6.52. The maximum atomic E-state index is 12.6. The van der Waals surface area contributed by atoms with E-state index in [4.69, 9.17) is 4.74 Å². The summed E-state index contributed by atoms with van der Waals surface area (Å²) in [4.78, 5) is 0. The molecule has 1 aromatic carbocycles. The molecule has 21 heavy (non-hydrogen) atoms. The zero-order valence-corrected chi connectivity index (χ0v) is 11.6. The Kier molecular flexibility index (Phi) is 7.04. The van der Waals surface area contributed by atoms with Gasteiger partial charge in [0.05, 0.1) is 5.56 Å². The first-order chi connectivity index (χ1) is 9.82. The molecule has 0 aliphatic rings. The van der Waals surface area contributed by atoms with E-state index in [1.54, 1.807) is 13.1 Å². The van der Waals surface area contributed by atoms with Crippen molar-refractivity contribution >= 4 is 0 Å². The highest BCUT2D eigenvalue weighted by molar-refractivity contribution is 5.26. The molecule has 1 rings (SSSR count). The Morgan fingerprint density at radius 1 is 1.24 bits per heavy atom. The summed E-state index contributed by atoms with van der Waals surface area (Å²) < 4.78 is 66.4. The quantitative estimate of drug-likeness (QED) is 0.586. The van der Waals surface area contributed by atoms with Crippen molar-refractivity contribution in [2.75, 3.05) is 20.3 Å². The van der Waals surface area contributed by atoms with Gasteiger partial charge >= 0.3 is 6.18 Å². The van der Waals surface area contributed by atoms with Crippen molar-refractivity contribution in [2.45, 2.75) is 31.5 Å². The van der Waals surface area contributed by atoms with Gasteiger partial charge in [-0.3, -0.25) is 0 Å². The summed E-state index contributed by atoms with van der Waals surface area (Å²) in [6.45, 7) is -0.491. The lowest BCUT2D eigenvalue weighted by Gasteiger charge is -2.17. The maximum Gasteiger partial charge on any atom is 0.416 e. The van der Waals surface area contributed by atoms with Crippen LogP contribution in [-0.2, 0) is 17.3 Å². The Morgan fingerprint density at radius 2 is 1.95 bits per heavy atom. The molecule has 0 fully saturated rings. The largest absolute Gasteiger partial charge is 0.416 e. The highest BCUT2D eigenvalue weighted by atomic mass is 19.4. The van der Waals surface area contributed by atoms with Crippen LogP contribution in [-0.4, -0.2) is 32.7 Å². The summed E-state index contributed by atoms with van der Waals surface area (Å²) in [5, 5.41) is 2.95. The van der Waals surface area contributed by atoms with Gasteiger partial charge in [-0.25, -0.2) is 8.78 Å². The van der Waals surface area contributed by atoms with Gasteiger partial charge in [-0.1, -0.05) is 18.2 Å². The van der Waals surface area contributed by atoms with Gasteiger partial charge in [0.15, 0.2) is 0 Å². The number of hydrogen-bond donors (Lipinski definition) is 1. The zero-order valence-electron chi connectivity index (χ0n) is 11.6. The molecule has 0 radical (unpaired) electrons. The normalized spacial score (nSPS) is 13.7. The lowest BCUT2D eigenvalue weighted by molar-refractivity contribution is -0.137. The summed E-state index contributed by atoms with van der Waals surface area (Å²) in [5.74, 6) is 0. The molecular weight excluding hydrogens is 293 g/mol. The lowest BCUT2D eigenvalue weighted by atomic mass is 10.0. The van der Waals surface area contributed by atoms with Crippen molar-refractivity contribution < 1.29 is 26.7 Å². The van der Waals surface area contributed by atoms with E-state index in [1.165, 1.54) is 6.07 Å². The van der Waals surface area contributed by atoms with Crippen molar-refractivity contribution in [3.63, 3.8) is 0 Å². The summed E-state index contributed by atoms with van der Waals surface area (Å²) in [5.41, 5.74) is -0.151. The second-order valence-corrected chi connectivity index (χ2v) is 4.64. The first-order valence-electron chi connectivity index (χ1n) is 6.52. The van der Waals surface area contributed by atoms with E-state index in [9.17, 15) is 22.0 Å². The number of benzene rings is 1. The van der Waals surface area contributed by atoms with Crippen molar-refractivity contribution in [1.29, 1.82) is 0 Å². The average molecular weight is 311 g/mol. The molecule has 2 nitrogen and oxygen atoms in total. The van der Waals surface area contributed by atoms with Crippen molar-refractivity contribution in [2.24, 2.45) is 0 Å². The maximum absolute atomic E-state index is 12.6. The second kappa shape index (κ2) is 8.29. The SMILES string of the molecule is CNC(CCOCC(F)F)Cc1cccc(C(F)(F)F)c1. The van der Waals surface area contributed by atoms with Crippen LogP contribution in [0.2, 0.25) is 0 Å². The first kappa shape index (κ1) is 17.8. The summed E-state index contributed by atoms with van der Waals surface area (Å²) in [7, 11) is 1.67. The van der Waals surface area contributed by atoms with Gasteiger partial charge in [0.2, 0.25) is 0 Å². The third-order valence-corrected chi connectivity index (χ3v) is 3.00. The van der Waals surface area contributed by atoms with E-state index in [0.717, 1.165) is 12.1 Å². The molecule has 120 valence electrons. The van der Waals surface area contributed by atoms with E-state index in [2.05, 4.69) is 5.32 Å². The fraction of sp³-hybridized carbons (Fsp3) is 0.571. The van der Waals surface area contributed by atoms with Crippen LogP contribution in [0.25, 0.3) is 0 Å². The van der Waals surface area contributed by atoms with Gasteiger partial charge in [0.25, 0.3) is 6.43 Å². The number of likely N-dealkylation sites (N-methyl/N-ethyl adjacent to an activating group) is 1. The topological polar surface area (TPSA) is 21.3 Å². The minimum atomic E-state index is -4.37. The fourth-order valence-corrected chi connectivity index (χ4v) is 1.91. The van der Waals surface area contributed by atoms with Crippen LogP contribution >= 0.6 is 0 Å². The van der Waals surface area contributed by atoms with Gasteiger partial charge in [-0.05, 0) is 31.5 Å². The van der Waals surface area contributed by atoms with E-state index < -0.39 is 24.8 Å². The van der Waals surface area contributed by atoms with Gasteiger partial charge in [0, 0.05) is 12.6 Å². The predicted octanol–water partition coefficient (Wildman–Crippen LogP) is 3.51. The average Bonchev–Trinajstić information content (AvgIpc) is 2.41. The molecular formula is C14H18F5NO. The molecule has 0 saturated carbocycles. The molecule has 0 saturated heterocycles. The Hall–Kier alpha value is -1.21. The number of nitrogens with one attached hydrogen (secondary N) is 1. The molecule has 0 spiro atoms. The molecule has 1 unspecified atom stereocenters. The third-order valence-electron chi connectivity index (χ3n) is 3.00. The number of ether oxygens (including phenoxy) is 1. The fourth-order valence-electron chi connectivity index (χ4n) is 1.91. The van der Waals surface area contributed by atoms with Crippen LogP contribution in [0.4, 0.5) is 22.0 Å². The van der Waals surface area contributed by atoms with Crippen LogP contribution in [0.15, 0.2) is 24.3 Å². The second-order valence-electron chi connectivity index (χ2n) is 4.64. The third kappa shape index (κ3) is 6.86. The van der Waals surface area contributed by atoms with E-state index in [1.807, 2.05) is 0 Å². The number of hydrogen-bond acceptors (Lipinski definition) is 2. The molecule has 1 aromatic rings. The Morgan fingerprint density at radius 3 is 2.52 bits per heavy atom. The Labute approximate surface area is 120 Å². The molecule has 0 bridgehead atoms. The predicted molar refractivity (Wildman–Crippen MR) is 69.4 cm³/mol. The minimum Gasteiger partial charge on any atom is -0.375 e. The van der Waals surface area contributed by atoms with Gasteiger partial charge in [0.1, 0.15) is 6.61 Å². The highest BCUT2D eigenvalue weighted by Gasteiger charge is 2.30. The molecule has 0 aromatic heterocycles. The van der Waals surface area contributed by atoms with Gasteiger partial charge in [-0.15, -0.1) is 0 Å².